The standard InChI is InChI=1S/C10H13NO3S/c1-15(13,14)8-10(12)6-3-2-4-9(10)5-7-11/h2-4,6,9,12H,5,8H2,1H3. The van der Waals surface area contributed by atoms with E-state index in [1.165, 1.54) is 6.08 Å². The quantitative estimate of drug-likeness (QED) is 0.757. The van der Waals surface area contributed by atoms with Gasteiger partial charge in [-0.05, 0) is 0 Å². The van der Waals surface area contributed by atoms with Crippen molar-refractivity contribution in [3.63, 3.8) is 0 Å². The third-order valence-corrected chi connectivity index (χ3v) is 3.27. The molecule has 1 aliphatic rings. The average Bonchev–Trinajstić information content (AvgIpc) is 2.06. The van der Waals surface area contributed by atoms with Crippen LogP contribution in [0.4, 0.5) is 0 Å². The van der Waals surface area contributed by atoms with Crippen LogP contribution >= 0.6 is 0 Å². The maximum absolute atomic E-state index is 11.2. The molecule has 2 atom stereocenters. The van der Waals surface area contributed by atoms with Gasteiger partial charge in [0.05, 0.1) is 11.8 Å². The second-order valence-corrected chi connectivity index (χ2v) is 5.91. The number of rotatable bonds is 3. The summed E-state index contributed by atoms with van der Waals surface area (Å²) in [7, 11) is -3.28. The first kappa shape index (κ1) is 12.0. The lowest BCUT2D eigenvalue weighted by Gasteiger charge is -2.31. The van der Waals surface area contributed by atoms with Crippen molar-refractivity contribution in [2.24, 2.45) is 5.92 Å². The molecule has 0 saturated carbocycles. The summed E-state index contributed by atoms with van der Waals surface area (Å²) in [5.74, 6) is -0.810. The zero-order chi connectivity index (χ0) is 11.5. The van der Waals surface area contributed by atoms with E-state index in [4.69, 9.17) is 5.26 Å². The van der Waals surface area contributed by atoms with Crippen LogP contribution < -0.4 is 0 Å². The predicted molar refractivity (Wildman–Crippen MR) is 56.7 cm³/mol. The van der Waals surface area contributed by atoms with E-state index >= 15 is 0 Å². The fourth-order valence-electron chi connectivity index (χ4n) is 1.63. The molecule has 15 heavy (non-hydrogen) atoms. The number of sulfone groups is 1. The Morgan fingerprint density at radius 2 is 2.20 bits per heavy atom. The van der Waals surface area contributed by atoms with Crippen molar-refractivity contribution in [2.45, 2.75) is 12.0 Å². The first-order valence-electron chi connectivity index (χ1n) is 4.50. The van der Waals surface area contributed by atoms with Crippen molar-refractivity contribution in [3.05, 3.63) is 24.3 Å². The van der Waals surface area contributed by atoms with Crippen LogP contribution in [0.3, 0.4) is 0 Å². The number of hydrogen-bond donors (Lipinski definition) is 1. The van der Waals surface area contributed by atoms with Gasteiger partial charge in [-0.25, -0.2) is 8.42 Å². The van der Waals surface area contributed by atoms with E-state index < -0.39 is 21.4 Å². The minimum Gasteiger partial charge on any atom is -0.384 e. The molecule has 0 aliphatic heterocycles. The first-order valence-corrected chi connectivity index (χ1v) is 6.56. The molecule has 0 fully saturated rings. The summed E-state index contributed by atoms with van der Waals surface area (Å²) in [5, 5.41) is 18.7. The van der Waals surface area contributed by atoms with Crippen LogP contribution in [0, 0.1) is 17.2 Å². The summed E-state index contributed by atoms with van der Waals surface area (Å²) in [6.45, 7) is 0. The highest BCUT2D eigenvalue weighted by Gasteiger charge is 2.36. The lowest BCUT2D eigenvalue weighted by molar-refractivity contribution is 0.0706. The second kappa shape index (κ2) is 4.17. The third-order valence-electron chi connectivity index (χ3n) is 2.29. The molecule has 1 N–H and O–H groups in total. The third kappa shape index (κ3) is 3.18. The van der Waals surface area contributed by atoms with E-state index in [-0.39, 0.29) is 12.2 Å². The zero-order valence-electron chi connectivity index (χ0n) is 8.42. The van der Waals surface area contributed by atoms with E-state index in [9.17, 15) is 13.5 Å². The molecule has 5 heteroatoms. The van der Waals surface area contributed by atoms with Gasteiger partial charge in [-0.3, -0.25) is 0 Å². The molecule has 1 rings (SSSR count). The van der Waals surface area contributed by atoms with Gasteiger partial charge in [-0.1, -0.05) is 24.3 Å². The fourth-order valence-corrected chi connectivity index (χ4v) is 2.78. The van der Waals surface area contributed by atoms with Crippen LogP contribution in [0.1, 0.15) is 6.42 Å². The van der Waals surface area contributed by atoms with Gasteiger partial charge in [0.15, 0.2) is 9.84 Å². The van der Waals surface area contributed by atoms with Crippen molar-refractivity contribution < 1.29 is 13.5 Å². The van der Waals surface area contributed by atoms with E-state index in [0.717, 1.165) is 6.26 Å². The van der Waals surface area contributed by atoms with E-state index in [0.29, 0.717) is 0 Å². The molecule has 0 saturated heterocycles. The van der Waals surface area contributed by atoms with Crippen molar-refractivity contribution in [3.8, 4) is 6.07 Å². The number of nitrogens with zero attached hydrogens (tertiary/aromatic N) is 1. The Morgan fingerprint density at radius 1 is 1.53 bits per heavy atom. The number of hydrogen-bond acceptors (Lipinski definition) is 4. The molecule has 0 aromatic rings. The Morgan fingerprint density at radius 3 is 2.73 bits per heavy atom. The Hall–Kier alpha value is -1.12. The van der Waals surface area contributed by atoms with Crippen molar-refractivity contribution in [2.75, 3.05) is 12.0 Å². The van der Waals surface area contributed by atoms with Crippen LogP contribution in [0.2, 0.25) is 0 Å². The monoisotopic (exact) mass is 227 g/mol. The molecular weight excluding hydrogens is 214 g/mol. The Labute approximate surface area is 89.5 Å². The molecule has 0 heterocycles. The van der Waals surface area contributed by atoms with Gasteiger partial charge in [-0.15, -0.1) is 0 Å². The molecule has 0 spiro atoms. The molecule has 0 radical (unpaired) electrons. The summed E-state index contributed by atoms with van der Waals surface area (Å²) in [4.78, 5) is 0. The number of allylic oxidation sites excluding steroid dienone is 2. The van der Waals surface area contributed by atoms with Crippen LogP contribution in [-0.4, -0.2) is 31.1 Å². The Bertz CT molecular complexity index is 430. The van der Waals surface area contributed by atoms with Gasteiger partial charge in [0.25, 0.3) is 0 Å². The van der Waals surface area contributed by atoms with Gasteiger partial charge in [0.2, 0.25) is 0 Å². The largest absolute Gasteiger partial charge is 0.384 e. The number of aliphatic hydroxyl groups is 1. The summed E-state index contributed by atoms with van der Waals surface area (Å²) in [5.41, 5.74) is -1.45. The van der Waals surface area contributed by atoms with Crippen molar-refractivity contribution in [1.82, 2.24) is 0 Å². The molecule has 0 aromatic carbocycles. The Kier molecular flexibility index (Phi) is 3.32. The maximum atomic E-state index is 11.2. The lowest BCUT2D eigenvalue weighted by atomic mass is 9.83. The molecule has 0 amide bonds. The molecule has 82 valence electrons. The van der Waals surface area contributed by atoms with Crippen LogP contribution in [0.25, 0.3) is 0 Å². The van der Waals surface area contributed by atoms with Gasteiger partial charge >= 0.3 is 0 Å². The van der Waals surface area contributed by atoms with E-state index in [1.807, 2.05) is 6.07 Å². The van der Waals surface area contributed by atoms with Crippen LogP contribution in [0.5, 0.6) is 0 Å². The minimum absolute atomic E-state index is 0.104. The molecule has 1 aliphatic carbocycles. The fraction of sp³-hybridized carbons (Fsp3) is 0.500. The van der Waals surface area contributed by atoms with Gasteiger partial charge in [0, 0.05) is 18.6 Å². The van der Waals surface area contributed by atoms with Gasteiger partial charge < -0.3 is 5.11 Å². The highest BCUT2D eigenvalue weighted by atomic mass is 32.2. The summed E-state index contributed by atoms with van der Waals surface area (Å²) in [6, 6.07) is 1.94. The molecule has 0 bridgehead atoms. The van der Waals surface area contributed by atoms with E-state index in [2.05, 4.69) is 0 Å². The summed E-state index contributed by atoms with van der Waals surface area (Å²) < 4.78 is 22.3. The van der Waals surface area contributed by atoms with Crippen LogP contribution in [-0.2, 0) is 9.84 Å². The predicted octanol–water partition coefficient (Wildman–Crippen LogP) is 0.418. The summed E-state index contributed by atoms with van der Waals surface area (Å²) in [6.07, 6.45) is 7.58. The van der Waals surface area contributed by atoms with Gasteiger partial charge in [-0.2, -0.15) is 5.26 Å². The average molecular weight is 227 g/mol. The molecule has 0 aromatic heterocycles. The topological polar surface area (TPSA) is 78.2 Å². The number of nitriles is 1. The van der Waals surface area contributed by atoms with Crippen molar-refractivity contribution >= 4 is 9.84 Å². The summed E-state index contributed by atoms with van der Waals surface area (Å²) >= 11 is 0. The highest BCUT2D eigenvalue weighted by molar-refractivity contribution is 7.90. The normalized spacial score (nSPS) is 30.1. The Balaban J connectivity index is 2.94. The first-order chi connectivity index (χ1) is 6.87. The molecule has 4 nitrogen and oxygen atoms in total. The zero-order valence-corrected chi connectivity index (χ0v) is 9.24. The minimum atomic E-state index is -3.28. The molecule has 2 unspecified atom stereocenters. The van der Waals surface area contributed by atoms with Gasteiger partial charge in [0.1, 0.15) is 5.60 Å². The second-order valence-electron chi connectivity index (χ2n) is 3.77. The molecular formula is C10H13NO3S. The van der Waals surface area contributed by atoms with Crippen LogP contribution in [0.15, 0.2) is 24.3 Å². The van der Waals surface area contributed by atoms with Crippen molar-refractivity contribution in [1.29, 1.82) is 5.26 Å². The maximum Gasteiger partial charge on any atom is 0.150 e. The smallest absolute Gasteiger partial charge is 0.150 e. The van der Waals surface area contributed by atoms with E-state index in [1.54, 1.807) is 18.2 Å². The lowest BCUT2D eigenvalue weighted by Crippen LogP contribution is -2.42. The highest BCUT2D eigenvalue weighted by Crippen LogP contribution is 2.28. The SMILES string of the molecule is CS(=O)(=O)CC1(O)C=CC=CC1CC#N.